The number of aliphatic carboxylic acids is 1. The summed E-state index contributed by atoms with van der Waals surface area (Å²) in [6.07, 6.45) is 0.553. The molecule has 6 nitrogen and oxygen atoms in total. The molecule has 0 aromatic heterocycles. The minimum absolute atomic E-state index is 0.146. The van der Waals surface area contributed by atoms with Crippen LogP contribution in [-0.4, -0.2) is 42.8 Å². The monoisotopic (exact) mass is 231 g/mol. The molecule has 3 N–H and O–H groups in total. The lowest BCUT2D eigenvalue weighted by Crippen LogP contribution is -2.45. The molecule has 0 rings (SSSR count). The summed E-state index contributed by atoms with van der Waals surface area (Å²) in [7, 11) is 3.37. The number of nitrogens with zero attached hydrogens (tertiary/aromatic N) is 1. The first-order valence-corrected chi connectivity index (χ1v) is 5.27. The van der Waals surface area contributed by atoms with Crippen molar-refractivity contribution < 1.29 is 14.7 Å². The zero-order valence-electron chi connectivity index (χ0n) is 10.3. The Balaban J connectivity index is 4.02. The van der Waals surface area contributed by atoms with E-state index in [-0.39, 0.29) is 12.6 Å². The molecule has 0 aromatic rings. The van der Waals surface area contributed by atoms with Gasteiger partial charge in [0.15, 0.2) is 0 Å². The molecule has 0 aliphatic heterocycles. The van der Waals surface area contributed by atoms with E-state index in [4.69, 9.17) is 5.11 Å². The van der Waals surface area contributed by atoms with Gasteiger partial charge in [-0.2, -0.15) is 0 Å². The smallest absolute Gasteiger partial charge is 0.329 e. The first kappa shape index (κ1) is 14.7. The number of nitrogens with one attached hydrogen (secondary N) is 2. The van der Waals surface area contributed by atoms with E-state index in [1.807, 2.05) is 13.8 Å². The van der Waals surface area contributed by atoms with E-state index in [9.17, 15) is 9.59 Å². The lowest BCUT2D eigenvalue weighted by atomic mass is 9.97. The number of hydrogen-bond acceptors (Lipinski definition) is 3. The lowest BCUT2D eigenvalue weighted by Gasteiger charge is -2.17. The summed E-state index contributed by atoms with van der Waals surface area (Å²) in [6.45, 7) is 4.05. The van der Waals surface area contributed by atoms with Gasteiger partial charge in [-0.05, 0) is 12.3 Å². The number of urea groups is 1. The average molecular weight is 231 g/mol. The van der Waals surface area contributed by atoms with Crippen molar-refractivity contribution in [1.82, 2.24) is 15.8 Å². The third-order valence-electron chi connectivity index (χ3n) is 1.94. The lowest BCUT2D eigenvalue weighted by molar-refractivity contribution is -0.142. The molecule has 0 saturated carbocycles. The summed E-state index contributed by atoms with van der Waals surface area (Å²) in [4.78, 5) is 22.1. The molecule has 94 valence electrons. The fraction of sp³-hybridized carbons (Fsp3) is 0.800. The number of hydrazine groups is 1. The molecule has 0 aliphatic rings. The summed E-state index contributed by atoms with van der Waals surface area (Å²) < 4.78 is 0. The number of rotatable bonds is 6. The van der Waals surface area contributed by atoms with Gasteiger partial charge in [-0.3, -0.25) is 10.2 Å². The zero-order valence-corrected chi connectivity index (χ0v) is 10.3. The molecule has 0 heterocycles. The quantitative estimate of drug-likeness (QED) is 0.582. The van der Waals surface area contributed by atoms with Crippen LogP contribution in [-0.2, 0) is 4.79 Å². The molecule has 2 amide bonds. The number of amides is 2. The topological polar surface area (TPSA) is 81.7 Å². The van der Waals surface area contributed by atoms with Crippen LogP contribution in [0.2, 0.25) is 0 Å². The van der Waals surface area contributed by atoms with Crippen molar-refractivity contribution in [3.8, 4) is 0 Å². The summed E-state index contributed by atoms with van der Waals surface area (Å²) in [5, 5.41) is 13.0. The van der Waals surface area contributed by atoms with E-state index < -0.39 is 11.9 Å². The van der Waals surface area contributed by atoms with Crippen molar-refractivity contribution >= 4 is 12.0 Å². The van der Waals surface area contributed by atoms with Crippen LogP contribution in [0.1, 0.15) is 20.3 Å². The van der Waals surface area contributed by atoms with Gasteiger partial charge < -0.3 is 10.4 Å². The molecule has 0 bridgehead atoms. The molecule has 6 heteroatoms. The molecule has 0 saturated heterocycles. The van der Waals surface area contributed by atoms with Crippen molar-refractivity contribution in [2.75, 3.05) is 20.6 Å². The third-order valence-corrected chi connectivity index (χ3v) is 1.94. The fourth-order valence-electron chi connectivity index (χ4n) is 1.30. The maximum Gasteiger partial charge on any atom is 0.329 e. The van der Waals surface area contributed by atoms with Gasteiger partial charge in [0.05, 0.1) is 5.92 Å². The number of carbonyl (C=O) groups excluding carboxylic acids is 1. The van der Waals surface area contributed by atoms with E-state index in [1.165, 1.54) is 5.01 Å². The van der Waals surface area contributed by atoms with Crippen molar-refractivity contribution in [3.05, 3.63) is 0 Å². The second kappa shape index (κ2) is 7.05. The van der Waals surface area contributed by atoms with Gasteiger partial charge in [0.1, 0.15) is 0 Å². The molecular weight excluding hydrogens is 210 g/mol. The van der Waals surface area contributed by atoms with Crippen LogP contribution in [0.5, 0.6) is 0 Å². The normalized spacial score (nSPS) is 12.6. The van der Waals surface area contributed by atoms with Gasteiger partial charge in [-0.15, -0.1) is 0 Å². The maximum absolute atomic E-state index is 11.2. The highest BCUT2D eigenvalue weighted by molar-refractivity contribution is 5.75. The van der Waals surface area contributed by atoms with Gasteiger partial charge in [0.2, 0.25) is 0 Å². The van der Waals surface area contributed by atoms with Crippen LogP contribution in [0.3, 0.4) is 0 Å². The molecule has 0 radical (unpaired) electrons. The minimum Gasteiger partial charge on any atom is -0.481 e. The molecule has 0 aromatic carbocycles. The van der Waals surface area contributed by atoms with E-state index >= 15 is 0 Å². The van der Waals surface area contributed by atoms with Crippen LogP contribution in [0.4, 0.5) is 4.79 Å². The molecule has 1 unspecified atom stereocenters. The Kier molecular flexibility index (Phi) is 6.48. The summed E-state index contributed by atoms with van der Waals surface area (Å²) in [6, 6.07) is -0.389. The van der Waals surface area contributed by atoms with Crippen molar-refractivity contribution in [1.29, 1.82) is 0 Å². The van der Waals surface area contributed by atoms with Crippen LogP contribution in [0.15, 0.2) is 0 Å². The predicted molar refractivity (Wildman–Crippen MR) is 60.8 cm³/mol. The van der Waals surface area contributed by atoms with Crippen LogP contribution in [0.25, 0.3) is 0 Å². The number of carboxylic acid groups (broad SMARTS) is 1. The highest BCUT2D eigenvalue weighted by atomic mass is 16.4. The molecular formula is C10H21N3O3. The van der Waals surface area contributed by atoms with Gasteiger partial charge in [-0.1, -0.05) is 13.8 Å². The van der Waals surface area contributed by atoms with Crippen LogP contribution < -0.4 is 10.7 Å². The summed E-state index contributed by atoms with van der Waals surface area (Å²) >= 11 is 0. The minimum atomic E-state index is -0.876. The van der Waals surface area contributed by atoms with E-state index in [1.54, 1.807) is 14.1 Å². The highest BCUT2D eigenvalue weighted by Gasteiger charge is 2.19. The van der Waals surface area contributed by atoms with E-state index in [0.717, 1.165) is 0 Å². The fourth-order valence-corrected chi connectivity index (χ4v) is 1.30. The Bertz CT molecular complexity index is 241. The van der Waals surface area contributed by atoms with Crippen molar-refractivity contribution in [2.24, 2.45) is 11.8 Å². The largest absolute Gasteiger partial charge is 0.481 e. The molecule has 0 spiro atoms. The van der Waals surface area contributed by atoms with Crippen molar-refractivity contribution in [2.45, 2.75) is 20.3 Å². The van der Waals surface area contributed by atoms with E-state index in [0.29, 0.717) is 12.3 Å². The van der Waals surface area contributed by atoms with Crippen LogP contribution >= 0.6 is 0 Å². The Morgan fingerprint density at radius 1 is 1.31 bits per heavy atom. The second-order valence-electron chi connectivity index (χ2n) is 4.38. The van der Waals surface area contributed by atoms with E-state index in [2.05, 4.69) is 10.7 Å². The average Bonchev–Trinajstić information content (AvgIpc) is 2.09. The van der Waals surface area contributed by atoms with Gasteiger partial charge in [-0.25, -0.2) is 9.80 Å². The van der Waals surface area contributed by atoms with Gasteiger partial charge >= 0.3 is 12.0 Å². The Labute approximate surface area is 96.0 Å². The number of hydrogen-bond donors (Lipinski definition) is 3. The first-order valence-electron chi connectivity index (χ1n) is 5.27. The molecule has 0 fully saturated rings. The number of carboxylic acids is 1. The number of carbonyl (C=O) groups is 2. The predicted octanol–water partition coefficient (Wildman–Crippen LogP) is 0.509. The summed E-state index contributed by atoms with van der Waals surface area (Å²) in [5.41, 5.74) is 2.48. The van der Waals surface area contributed by atoms with Gasteiger partial charge in [0, 0.05) is 20.6 Å². The zero-order chi connectivity index (χ0) is 12.7. The molecule has 16 heavy (non-hydrogen) atoms. The maximum atomic E-state index is 11.2. The first-order chi connectivity index (χ1) is 7.32. The van der Waals surface area contributed by atoms with Crippen LogP contribution in [0, 0.1) is 11.8 Å². The van der Waals surface area contributed by atoms with Crippen molar-refractivity contribution in [3.63, 3.8) is 0 Å². The second-order valence-corrected chi connectivity index (χ2v) is 4.38. The standard InChI is InChI=1S/C10H21N3O3/c1-7(2)5-8(9(14)15)6-11-10(16)12-13(3)4/h7-8H,5-6H2,1-4H3,(H,14,15)(H2,11,12,16). The summed E-state index contributed by atoms with van der Waals surface area (Å²) in [5.74, 6) is -1.12. The Hall–Kier alpha value is -1.30. The molecule has 0 aliphatic carbocycles. The highest BCUT2D eigenvalue weighted by Crippen LogP contribution is 2.10. The Morgan fingerprint density at radius 3 is 2.25 bits per heavy atom. The Morgan fingerprint density at radius 2 is 1.88 bits per heavy atom. The molecule has 1 atom stereocenters. The van der Waals surface area contributed by atoms with Gasteiger partial charge in [0.25, 0.3) is 0 Å². The third kappa shape index (κ3) is 7.05. The SMILES string of the molecule is CC(C)CC(CNC(=O)NN(C)C)C(=O)O.